The third kappa shape index (κ3) is 3.92. The van der Waals surface area contributed by atoms with Crippen molar-refractivity contribution >= 4 is 27.7 Å². The molecule has 0 aromatic heterocycles. The van der Waals surface area contributed by atoms with Crippen molar-refractivity contribution in [3.05, 3.63) is 74.3 Å². The van der Waals surface area contributed by atoms with Gasteiger partial charge in [0.15, 0.2) is 0 Å². The molecule has 0 bridgehead atoms. The number of rotatable bonds is 5. The molecular weight excluding hydrogens is 334 g/mol. The second-order valence-electron chi connectivity index (χ2n) is 4.37. The molecule has 2 aromatic carbocycles. The van der Waals surface area contributed by atoms with Crippen molar-refractivity contribution in [2.24, 2.45) is 0 Å². The van der Waals surface area contributed by atoms with Crippen LogP contribution in [-0.4, -0.2) is 4.92 Å². The number of hydrogen-bond acceptors (Lipinski definition) is 3. The second-order valence-corrected chi connectivity index (χ2v) is 5.22. The molecule has 0 heterocycles. The number of benzene rings is 2. The Hall–Kier alpha value is -2.14. The van der Waals surface area contributed by atoms with Crippen molar-refractivity contribution in [3.63, 3.8) is 0 Å². The van der Waals surface area contributed by atoms with Gasteiger partial charge >= 0.3 is 0 Å². The summed E-state index contributed by atoms with van der Waals surface area (Å²) in [6, 6.07) is 12.6. The third-order valence-corrected chi connectivity index (χ3v) is 3.54. The Morgan fingerprint density at radius 3 is 2.76 bits per heavy atom. The Labute approximate surface area is 131 Å². The van der Waals surface area contributed by atoms with E-state index in [4.69, 9.17) is 4.74 Å². The lowest BCUT2D eigenvalue weighted by Crippen LogP contribution is -1.98. The van der Waals surface area contributed by atoms with Crippen molar-refractivity contribution in [3.8, 4) is 5.75 Å². The summed E-state index contributed by atoms with van der Waals surface area (Å²) in [5.74, 6) is 0.751. The van der Waals surface area contributed by atoms with Gasteiger partial charge in [0.2, 0.25) is 0 Å². The van der Waals surface area contributed by atoms with Crippen molar-refractivity contribution in [1.82, 2.24) is 0 Å². The van der Waals surface area contributed by atoms with Gasteiger partial charge in [-0.3, -0.25) is 10.1 Å². The van der Waals surface area contributed by atoms with Crippen LogP contribution in [0.25, 0.3) is 6.08 Å². The Bertz CT molecular complexity index is 683. The fraction of sp³-hybridized carbons (Fsp3) is 0.125. The maximum atomic E-state index is 10.9. The zero-order chi connectivity index (χ0) is 15.2. The number of nitro groups is 1. The van der Waals surface area contributed by atoms with Crippen LogP contribution >= 0.6 is 15.9 Å². The van der Waals surface area contributed by atoms with Gasteiger partial charge < -0.3 is 4.74 Å². The Kier molecular flexibility index (Phi) is 5.11. The highest BCUT2D eigenvalue weighted by Crippen LogP contribution is 2.27. The van der Waals surface area contributed by atoms with Gasteiger partial charge in [-0.25, -0.2) is 0 Å². The number of para-hydroxylation sites is 1. The molecule has 0 saturated carbocycles. The van der Waals surface area contributed by atoms with Crippen LogP contribution < -0.4 is 4.74 Å². The zero-order valence-electron chi connectivity index (χ0n) is 11.5. The van der Waals surface area contributed by atoms with Crippen LogP contribution in [0.3, 0.4) is 0 Å². The Morgan fingerprint density at radius 2 is 2.05 bits per heavy atom. The maximum Gasteiger partial charge on any atom is 0.283 e. The molecule has 2 rings (SSSR count). The molecule has 0 aliphatic carbocycles. The first-order valence-electron chi connectivity index (χ1n) is 6.39. The molecule has 0 N–H and O–H groups in total. The lowest BCUT2D eigenvalue weighted by molar-refractivity contribution is -0.385. The highest BCUT2D eigenvalue weighted by atomic mass is 79.9. The largest absolute Gasteiger partial charge is 0.488 e. The van der Waals surface area contributed by atoms with Gasteiger partial charge in [0.25, 0.3) is 5.69 Å². The van der Waals surface area contributed by atoms with E-state index in [1.165, 1.54) is 6.07 Å². The average molecular weight is 348 g/mol. The van der Waals surface area contributed by atoms with Crippen molar-refractivity contribution in [2.45, 2.75) is 13.5 Å². The molecule has 108 valence electrons. The lowest BCUT2D eigenvalue weighted by atomic mass is 10.2. The van der Waals surface area contributed by atoms with Gasteiger partial charge in [0.05, 0.1) is 9.40 Å². The minimum absolute atomic E-state index is 0.0397. The summed E-state index contributed by atoms with van der Waals surface area (Å²) in [5.41, 5.74) is 1.77. The van der Waals surface area contributed by atoms with Gasteiger partial charge in [0.1, 0.15) is 12.4 Å². The minimum Gasteiger partial charge on any atom is -0.488 e. The summed E-state index contributed by atoms with van der Waals surface area (Å²) in [6.45, 7) is 2.22. The van der Waals surface area contributed by atoms with E-state index in [9.17, 15) is 10.1 Å². The van der Waals surface area contributed by atoms with Crippen LogP contribution in [0.4, 0.5) is 5.69 Å². The van der Waals surface area contributed by atoms with E-state index in [1.54, 1.807) is 12.1 Å². The smallest absolute Gasteiger partial charge is 0.283 e. The quantitative estimate of drug-likeness (QED) is 0.566. The van der Waals surface area contributed by atoms with Crippen LogP contribution in [-0.2, 0) is 6.61 Å². The molecule has 0 aliphatic heterocycles. The third-order valence-electron chi connectivity index (χ3n) is 2.87. The Morgan fingerprint density at radius 1 is 1.29 bits per heavy atom. The molecule has 5 heteroatoms. The molecule has 0 fully saturated rings. The van der Waals surface area contributed by atoms with Crippen LogP contribution in [0, 0.1) is 10.1 Å². The van der Waals surface area contributed by atoms with Crippen LogP contribution in [0.2, 0.25) is 0 Å². The molecule has 0 atom stereocenters. The molecular formula is C16H14BrNO3. The zero-order valence-corrected chi connectivity index (χ0v) is 13.0. The number of nitrogens with zero attached hydrogens (tertiary/aromatic N) is 1. The fourth-order valence-corrected chi connectivity index (χ4v) is 2.27. The van der Waals surface area contributed by atoms with E-state index in [0.717, 1.165) is 16.9 Å². The number of nitro benzene ring substituents is 1. The monoisotopic (exact) mass is 347 g/mol. The van der Waals surface area contributed by atoms with Crippen molar-refractivity contribution in [2.75, 3.05) is 0 Å². The number of halogens is 1. The summed E-state index contributed by atoms with van der Waals surface area (Å²) in [4.78, 5) is 10.5. The summed E-state index contributed by atoms with van der Waals surface area (Å²) >= 11 is 3.17. The van der Waals surface area contributed by atoms with Crippen LogP contribution in [0.5, 0.6) is 5.75 Å². The van der Waals surface area contributed by atoms with E-state index >= 15 is 0 Å². The molecule has 0 unspecified atom stereocenters. The van der Waals surface area contributed by atoms with E-state index in [-0.39, 0.29) is 12.3 Å². The van der Waals surface area contributed by atoms with Crippen LogP contribution in [0.15, 0.2) is 53.0 Å². The highest BCUT2D eigenvalue weighted by molar-refractivity contribution is 9.10. The highest BCUT2D eigenvalue weighted by Gasteiger charge is 2.12. The summed E-state index contributed by atoms with van der Waals surface area (Å²) in [7, 11) is 0. The summed E-state index contributed by atoms with van der Waals surface area (Å²) < 4.78 is 6.22. The van der Waals surface area contributed by atoms with Gasteiger partial charge in [-0.2, -0.15) is 0 Å². The standard InChI is InChI=1S/C16H14BrNO3/c1-2-5-13-6-3-4-7-16(13)21-11-12-8-9-14(17)15(10-12)18(19)20/h2-10H,11H2,1H3/b5-2+. The maximum absolute atomic E-state index is 10.9. The SMILES string of the molecule is C/C=C/c1ccccc1OCc1ccc(Br)c([N+](=O)[O-])c1. The Balaban J connectivity index is 2.17. The number of allylic oxidation sites excluding steroid dienone is 1. The molecule has 0 amide bonds. The van der Waals surface area contributed by atoms with E-state index in [1.807, 2.05) is 43.3 Å². The molecule has 0 spiro atoms. The van der Waals surface area contributed by atoms with E-state index in [2.05, 4.69) is 15.9 Å². The van der Waals surface area contributed by atoms with Crippen LogP contribution in [0.1, 0.15) is 18.1 Å². The normalized spacial score (nSPS) is 10.8. The molecule has 0 radical (unpaired) electrons. The molecule has 4 nitrogen and oxygen atoms in total. The predicted molar refractivity (Wildman–Crippen MR) is 86.3 cm³/mol. The molecule has 2 aromatic rings. The first-order chi connectivity index (χ1) is 10.1. The molecule has 21 heavy (non-hydrogen) atoms. The van der Waals surface area contributed by atoms with Gasteiger partial charge in [-0.15, -0.1) is 0 Å². The first-order valence-corrected chi connectivity index (χ1v) is 7.18. The topological polar surface area (TPSA) is 52.4 Å². The van der Waals surface area contributed by atoms with Crippen molar-refractivity contribution in [1.29, 1.82) is 0 Å². The fourth-order valence-electron chi connectivity index (χ4n) is 1.88. The molecule has 0 saturated heterocycles. The van der Waals surface area contributed by atoms with E-state index in [0.29, 0.717) is 4.47 Å². The van der Waals surface area contributed by atoms with Gasteiger partial charge in [0, 0.05) is 11.6 Å². The minimum atomic E-state index is -0.415. The summed E-state index contributed by atoms with van der Waals surface area (Å²) in [6.07, 6.45) is 3.89. The van der Waals surface area contributed by atoms with Gasteiger partial charge in [-0.05, 0) is 40.5 Å². The number of hydrogen-bond donors (Lipinski definition) is 0. The second kappa shape index (κ2) is 7.04. The average Bonchev–Trinajstić information content (AvgIpc) is 2.47. The summed E-state index contributed by atoms with van der Waals surface area (Å²) in [5, 5.41) is 10.9. The van der Waals surface area contributed by atoms with E-state index < -0.39 is 4.92 Å². The predicted octanol–water partition coefficient (Wildman–Crippen LogP) is 4.97. The van der Waals surface area contributed by atoms with Gasteiger partial charge in [-0.1, -0.05) is 36.4 Å². The number of ether oxygens (including phenoxy) is 1. The first kappa shape index (κ1) is 15.3. The molecule has 0 aliphatic rings. The lowest BCUT2D eigenvalue weighted by Gasteiger charge is -2.09. The van der Waals surface area contributed by atoms with Crippen molar-refractivity contribution < 1.29 is 9.66 Å².